The molecule has 0 aliphatic carbocycles. The van der Waals surface area contributed by atoms with Gasteiger partial charge >= 0.3 is 0 Å². The second-order valence-corrected chi connectivity index (χ2v) is 6.20. The van der Waals surface area contributed by atoms with Crippen LogP contribution in [0.4, 0.5) is 5.69 Å². The molecule has 0 saturated heterocycles. The Kier molecular flexibility index (Phi) is 7.19. The number of benzene rings is 2. The van der Waals surface area contributed by atoms with E-state index in [1.54, 1.807) is 42.5 Å². The van der Waals surface area contributed by atoms with Crippen LogP contribution in [0.1, 0.15) is 20.7 Å². The lowest BCUT2D eigenvalue weighted by atomic mass is 10.1. The number of methoxy groups -OCH3 is 2. The number of nitrogens with zero attached hydrogens (tertiary/aromatic N) is 1. The number of amides is 2. The summed E-state index contributed by atoms with van der Waals surface area (Å²) in [4.78, 5) is 26.8. The molecule has 2 amide bonds. The van der Waals surface area contributed by atoms with E-state index < -0.39 is 0 Å². The third-order valence-electron chi connectivity index (χ3n) is 3.84. The quantitative estimate of drug-likeness (QED) is 0.744. The molecule has 7 heteroatoms. The zero-order valence-corrected chi connectivity index (χ0v) is 16.0. The van der Waals surface area contributed by atoms with Gasteiger partial charge in [-0.05, 0) is 44.4 Å². The van der Waals surface area contributed by atoms with Gasteiger partial charge in [0.2, 0.25) is 0 Å². The first-order valence-corrected chi connectivity index (χ1v) is 8.50. The molecule has 0 unspecified atom stereocenters. The van der Waals surface area contributed by atoms with Crippen LogP contribution in [0.25, 0.3) is 0 Å². The average molecular weight is 371 g/mol. The number of carbonyl (C=O) groups excluding carboxylic acids is 2. The lowest BCUT2D eigenvalue weighted by Crippen LogP contribution is -2.31. The average Bonchev–Trinajstić information content (AvgIpc) is 2.67. The van der Waals surface area contributed by atoms with Gasteiger partial charge in [-0.3, -0.25) is 9.59 Å². The number of rotatable bonds is 8. The van der Waals surface area contributed by atoms with Crippen molar-refractivity contribution >= 4 is 17.5 Å². The first-order chi connectivity index (χ1) is 12.9. The molecule has 0 aliphatic heterocycles. The summed E-state index contributed by atoms with van der Waals surface area (Å²) in [5.41, 5.74) is 1.41. The highest BCUT2D eigenvalue weighted by Crippen LogP contribution is 2.23. The molecule has 0 bridgehead atoms. The van der Waals surface area contributed by atoms with Gasteiger partial charge in [-0.1, -0.05) is 6.07 Å². The van der Waals surface area contributed by atoms with E-state index in [0.29, 0.717) is 34.9 Å². The largest absolute Gasteiger partial charge is 0.497 e. The number of nitrogens with one attached hydrogen (secondary N) is 2. The molecule has 0 heterocycles. The molecule has 0 saturated carbocycles. The summed E-state index contributed by atoms with van der Waals surface area (Å²) in [5, 5.41) is 5.64. The minimum Gasteiger partial charge on any atom is -0.497 e. The summed E-state index contributed by atoms with van der Waals surface area (Å²) >= 11 is 0. The number of carbonyl (C=O) groups is 2. The molecule has 144 valence electrons. The zero-order chi connectivity index (χ0) is 19.8. The molecule has 2 aromatic carbocycles. The Morgan fingerprint density at radius 2 is 1.59 bits per heavy atom. The SMILES string of the molecule is COc1cc(OC)cc(C(=O)Nc2cccc(C(=O)NCCN(C)C)c2)c1. The van der Waals surface area contributed by atoms with Crippen molar-refractivity contribution in [1.29, 1.82) is 0 Å². The highest BCUT2D eigenvalue weighted by molar-refractivity contribution is 6.05. The van der Waals surface area contributed by atoms with E-state index in [1.807, 2.05) is 19.0 Å². The monoisotopic (exact) mass is 371 g/mol. The lowest BCUT2D eigenvalue weighted by Gasteiger charge is -2.12. The van der Waals surface area contributed by atoms with Gasteiger partial charge in [-0.25, -0.2) is 0 Å². The van der Waals surface area contributed by atoms with Gasteiger partial charge in [0.15, 0.2) is 0 Å². The number of ether oxygens (including phenoxy) is 2. The lowest BCUT2D eigenvalue weighted by molar-refractivity contribution is 0.0949. The van der Waals surface area contributed by atoms with Crippen molar-refractivity contribution in [1.82, 2.24) is 10.2 Å². The molecule has 0 aromatic heterocycles. The summed E-state index contributed by atoms with van der Waals surface area (Å²) in [5.74, 6) is 0.537. The Labute approximate surface area is 159 Å². The summed E-state index contributed by atoms with van der Waals surface area (Å²) < 4.78 is 10.4. The van der Waals surface area contributed by atoms with E-state index >= 15 is 0 Å². The summed E-state index contributed by atoms with van der Waals surface area (Å²) in [6.07, 6.45) is 0. The third kappa shape index (κ3) is 6.00. The van der Waals surface area contributed by atoms with Crippen LogP contribution in [0.3, 0.4) is 0 Å². The molecule has 0 atom stereocenters. The van der Waals surface area contributed by atoms with Crippen molar-refractivity contribution in [3.05, 3.63) is 53.6 Å². The van der Waals surface area contributed by atoms with E-state index in [1.165, 1.54) is 14.2 Å². The maximum atomic E-state index is 12.6. The van der Waals surface area contributed by atoms with Crippen LogP contribution in [0.2, 0.25) is 0 Å². The number of hydrogen-bond acceptors (Lipinski definition) is 5. The molecule has 27 heavy (non-hydrogen) atoms. The number of hydrogen-bond donors (Lipinski definition) is 2. The maximum absolute atomic E-state index is 12.6. The van der Waals surface area contributed by atoms with E-state index in [4.69, 9.17) is 9.47 Å². The predicted molar refractivity (Wildman–Crippen MR) is 105 cm³/mol. The standard InChI is InChI=1S/C20H25N3O4/c1-23(2)9-8-21-19(24)14-6-5-7-16(10-14)22-20(25)15-11-17(26-3)13-18(12-15)27-4/h5-7,10-13H,8-9H2,1-4H3,(H,21,24)(H,22,25). The fraction of sp³-hybridized carbons (Fsp3) is 0.300. The van der Waals surface area contributed by atoms with Crippen LogP contribution < -0.4 is 20.1 Å². The highest BCUT2D eigenvalue weighted by atomic mass is 16.5. The zero-order valence-electron chi connectivity index (χ0n) is 16.0. The van der Waals surface area contributed by atoms with E-state index in [2.05, 4.69) is 10.6 Å². The molecular weight excluding hydrogens is 346 g/mol. The molecule has 0 spiro atoms. The topological polar surface area (TPSA) is 79.9 Å². The van der Waals surface area contributed by atoms with Crippen LogP contribution in [0.5, 0.6) is 11.5 Å². The van der Waals surface area contributed by atoms with Crippen LogP contribution in [0, 0.1) is 0 Å². The van der Waals surface area contributed by atoms with Gasteiger partial charge in [0.05, 0.1) is 14.2 Å². The second-order valence-electron chi connectivity index (χ2n) is 6.20. The van der Waals surface area contributed by atoms with Crippen molar-refractivity contribution in [3.8, 4) is 11.5 Å². The van der Waals surface area contributed by atoms with Gasteiger partial charge in [0, 0.05) is 36.0 Å². The van der Waals surface area contributed by atoms with Crippen LogP contribution in [0.15, 0.2) is 42.5 Å². The molecule has 2 N–H and O–H groups in total. The Hall–Kier alpha value is -3.06. The van der Waals surface area contributed by atoms with Crippen LogP contribution in [-0.4, -0.2) is 58.1 Å². The first kappa shape index (κ1) is 20.3. The molecular formula is C20H25N3O4. The van der Waals surface area contributed by atoms with Crippen molar-refractivity contribution in [2.45, 2.75) is 0 Å². The molecule has 7 nitrogen and oxygen atoms in total. The van der Waals surface area contributed by atoms with Crippen molar-refractivity contribution in [2.24, 2.45) is 0 Å². The van der Waals surface area contributed by atoms with Crippen molar-refractivity contribution in [2.75, 3.05) is 46.7 Å². The van der Waals surface area contributed by atoms with Crippen LogP contribution in [-0.2, 0) is 0 Å². The molecule has 2 aromatic rings. The third-order valence-corrected chi connectivity index (χ3v) is 3.84. The van der Waals surface area contributed by atoms with E-state index in [-0.39, 0.29) is 11.8 Å². The minimum absolute atomic E-state index is 0.184. The maximum Gasteiger partial charge on any atom is 0.255 e. The summed E-state index contributed by atoms with van der Waals surface area (Å²) in [6, 6.07) is 11.7. The Balaban J connectivity index is 2.09. The number of likely N-dealkylation sites (N-methyl/N-ethyl adjacent to an activating group) is 1. The smallest absolute Gasteiger partial charge is 0.255 e. The normalized spacial score (nSPS) is 10.4. The fourth-order valence-electron chi connectivity index (χ4n) is 2.38. The predicted octanol–water partition coefficient (Wildman–Crippen LogP) is 2.25. The van der Waals surface area contributed by atoms with Gasteiger partial charge in [-0.15, -0.1) is 0 Å². The Morgan fingerprint density at radius 3 is 2.19 bits per heavy atom. The molecule has 0 radical (unpaired) electrons. The van der Waals surface area contributed by atoms with Crippen molar-refractivity contribution in [3.63, 3.8) is 0 Å². The van der Waals surface area contributed by atoms with Crippen LogP contribution >= 0.6 is 0 Å². The summed E-state index contributed by atoms with van der Waals surface area (Å²) in [7, 11) is 6.93. The number of anilines is 1. The molecule has 2 rings (SSSR count). The van der Waals surface area contributed by atoms with Gasteiger partial charge in [-0.2, -0.15) is 0 Å². The fourth-order valence-corrected chi connectivity index (χ4v) is 2.38. The van der Waals surface area contributed by atoms with Gasteiger partial charge in [0.1, 0.15) is 11.5 Å². The van der Waals surface area contributed by atoms with E-state index in [9.17, 15) is 9.59 Å². The van der Waals surface area contributed by atoms with Gasteiger partial charge < -0.3 is 25.0 Å². The van der Waals surface area contributed by atoms with E-state index in [0.717, 1.165) is 6.54 Å². The Morgan fingerprint density at radius 1 is 0.926 bits per heavy atom. The Bertz CT molecular complexity index is 783. The summed E-state index contributed by atoms with van der Waals surface area (Å²) in [6.45, 7) is 1.30. The molecule has 0 fully saturated rings. The first-order valence-electron chi connectivity index (χ1n) is 8.50. The minimum atomic E-state index is -0.322. The second kappa shape index (κ2) is 9.59. The molecule has 0 aliphatic rings. The highest BCUT2D eigenvalue weighted by Gasteiger charge is 2.12. The van der Waals surface area contributed by atoms with Crippen molar-refractivity contribution < 1.29 is 19.1 Å². The van der Waals surface area contributed by atoms with Gasteiger partial charge in [0.25, 0.3) is 11.8 Å².